The molecule has 1 heterocycles. The second-order valence-corrected chi connectivity index (χ2v) is 6.59. The first-order valence-electron chi connectivity index (χ1n) is 8.30. The van der Waals surface area contributed by atoms with Gasteiger partial charge in [0.15, 0.2) is 0 Å². The molecular formula is C19H25ClN2O3. The van der Waals surface area contributed by atoms with Gasteiger partial charge in [-0.15, -0.1) is 0 Å². The van der Waals surface area contributed by atoms with Crippen molar-refractivity contribution in [2.75, 3.05) is 33.8 Å². The lowest BCUT2D eigenvalue weighted by Gasteiger charge is -2.21. The van der Waals surface area contributed by atoms with Crippen molar-refractivity contribution in [2.45, 2.75) is 19.9 Å². The summed E-state index contributed by atoms with van der Waals surface area (Å²) >= 11 is 5.84. The first-order chi connectivity index (χ1) is 11.9. The normalized spacial score (nSPS) is 10.9. The van der Waals surface area contributed by atoms with Gasteiger partial charge in [0.1, 0.15) is 17.3 Å². The Morgan fingerprint density at radius 3 is 2.52 bits per heavy atom. The number of furan rings is 1. The number of halogens is 1. The van der Waals surface area contributed by atoms with Crippen molar-refractivity contribution in [2.24, 2.45) is 0 Å². The van der Waals surface area contributed by atoms with Gasteiger partial charge in [0.05, 0.1) is 19.7 Å². The van der Waals surface area contributed by atoms with E-state index < -0.39 is 0 Å². The molecule has 0 aliphatic heterocycles. The molecule has 1 aromatic carbocycles. The van der Waals surface area contributed by atoms with Crippen LogP contribution in [0.25, 0.3) is 0 Å². The van der Waals surface area contributed by atoms with E-state index in [9.17, 15) is 4.79 Å². The van der Waals surface area contributed by atoms with Crippen LogP contribution in [-0.4, -0.2) is 49.5 Å². The largest absolute Gasteiger partial charge is 0.494 e. The maximum Gasteiger partial charge on any atom is 0.236 e. The summed E-state index contributed by atoms with van der Waals surface area (Å²) < 4.78 is 11.2. The fourth-order valence-electron chi connectivity index (χ4n) is 2.38. The summed E-state index contributed by atoms with van der Waals surface area (Å²) in [5, 5.41) is 0.694. The molecule has 6 heteroatoms. The summed E-state index contributed by atoms with van der Waals surface area (Å²) in [6.45, 7) is 4.14. The molecule has 1 amide bonds. The molecule has 0 aliphatic rings. The highest BCUT2D eigenvalue weighted by atomic mass is 35.5. The van der Waals surface area contributed by atoms with Crippen molar-refractivity contribution >= 4 is 17.5 Å². The van der Waals surface area contributed by atoms with Crippen molar-refractivity contribution in [3.63, 3.8) is 0 Å². The van der Waals surface area contributed by atoms with Crippen molar-refractivity contribution in [1.29, 1.82) is 0 Å². The molecule has 0 spiro atoms. The summed E-state index contributed by atoms with van der Waals surface area (Å²) in [6.07, 6.45) is 0.841. The van der Waals surface area contributed by atoms with E-state index >= 15 is 0 Å². The van der Waals surface area contributed by atoms with E-state index in [0.717, 1.165) is 30.2 Å². The number of carbonyl (C=O) groups excluding carboxylic acids is 1. The highest BCUT2D eigenvalue weighted by molar-refractivity contribution is 6.30. The van der Waals surface area contributed by atoms with Crippen LogP contribution in [0.3, 0.4) is 0 Å². The van der Waals surface area contributed by atoms with E-state index in [0.29, 0.717) is 24.7 Å². The number of ether oxygens (including phenoxy) is 1. The van der Waals surface area contributed by atoms with Crippen LogP contribution in [0.1, 0.15) is 17.9 Å². The number of hydrogen-bond acceptors (Lipinski definition) is 4. The number of nitrogens with zero attached hydrogens (tertiary/aromatic N) is 2. The quantitative estimate of drug-likeness (QED) is 0.638. The molecule has 1 aromatic heterocycles. The number of hydrogen-bond donors (Lipinski definition) is 0. The minimum atomic E-state index is 0.0650. The number of rotatable bonds is 9. The van der Waals surface area contributed by atoms with Crippen LogP contribution in [0.4, 0.5) is 0 Å². The lowest BCUT2D eigenvalue weighted by Crippen LogP contribution is -2.36. The lowest BCUT2D eigenvalue weighted by atomic mass is 10.3. The van der Waals surface area contributed by atoms with Crippen LogP contribution in [-0.2, 0) is 11.3 Å². The molecule has 0 saturated carbocycles. The fraction of sp³-hybridized carbons (Fsp3) is 0.421. The van der Waals surface area contributed by atoms with E-state index in [-0.39, 0.29) is 5.91 Å². The third-order valence-corrected chi connectivity index (χ3v) is 4.04. The lowest BCUT2D eigenvalue weighted by molar-refractivity contribution is -0.131. The minimum absolute atomic E-state index is 0.0650. The monoisotopic (exact) mass is 364 g/mol. The van der Waals surface area contributed by atoms with Gasteiger partial charge >= 0.3 is 0 Å². The smallest absolute Gasteiger partial charge is 0.236 e. The molecule has 5 nitrogen and oxygen atoms in total. The van der Waals surface area contributed by atoms with E-state index in [1.54, 1.807) is 24.1 Å². The zero-order valence-electron chi connectivity index (χ0n) is 15.0. The predicted octanol–water partition coefficient (Wildman–Crippen LogP) is 3.60. The fourth-order valence-corrected chi connectivity index (χ4v) is 2.50. The molecule has 0 atom stereocenters. The molecule has 0 N–H and O–H groups in total. The summed E-state index contributed by atoms with van der Waals surface area (Å²) in [7, 11) is 3.72. The number of carbonyl (C=O) groups is 1. The Hall–Kier alpha value is -1.98. The molecule has 0 radical (unpaired) electrons. The van der Waals surface area contributed by atoms with Gasteiger partial charge in [-0.2, -0.15) is 0 Å². The van der Waals surface area contributed by atoms with Gasteiger partial charge in [-0.05, 0) is 56.8 Å². The average Bonchev–Trinajstić information content (AvgIpc) is 2.98. The minimum Gasteiger partial charge on any atom is -0.494 e. The maximum atomic E-state index is 12.2. The van der Waals surface area contributed by atoms with Gasteiger partial charge in [0, 0.05) is 18.6 Å². The standard InChI is InChI=1S/C19H25ClN2O3/c1-15-5-8-18(25-15)13-22(3)19(23)14-21(2)11-4-12-24-17-9-6-16(20)7-10-17/h5-10H,4,11-14H2,1-3H3. The molecule has 25 heavy (non-hydrogen) atoms. The van der Waals surface area contributed by atoms with Gasteiger partial charge in [0.2, 0.25) is 5.91 Å². The van der Waals surface area contributed by atoms with Crippen molar-refractivity contribution < 1.29 is 13.9 Å². The number of amides is 1. The third-order valence-electron chi connectivity index (χ3n) is 3.79. The summed E-state index contributed by atoms with van der Waals surface area (Å²) in [4.78, 5) is 15.9. The van der Waals surface area contributed by atoms with E-state index in [4.69, 9.17) is 20.8 Å². The first-order valence-corrected chi connectivity index (χ1v) is 8.68. The Balaban J connectivity index is 1.64. The van der Waals surface area contributed by atoms with Crippen LogP contribution in [0.2, 0.25) is 5.02 Å². The summed E-state index contributed by atoms with van der Waals surface area (Å²) in [5.74, 6) is 2.52. The summed E-state index contributed by atoms with van der Waals surface area (Å²) in [5.41, 5.74) is 0. The van der Waals surface area contributed by atoms with Crippen LogP contribution >= 0.6 is 11.6 Å². The Morgan fingerprint density at radius 2 is 1.88 bits per heavy atom. The molecule has 0 bridgehead atoms. The van der Waals surface area contributed by atoms with Gasteiger partial charge in [-0.3, -0.25) is 9.69 Å². The zero-order valence-corrected chi connectivity index (χ0v) is 15.8. The zero-order chi connectivity index (χ0) is 18.2. The maximum absolute atomic E-state index is 12.2. The molecular weight excluding hydrogens is 340 g/mol. The van der Waals surface area contributed by atoms with E-state index in [1.807, 2.05) is 43.1 Å². The average molecular weight is 365 g/mol. The van der Waals surface area contributed by atoms with Gasteiger partial charge in [-0.25, -0.2) is 0 Å². The Bertz CT molecular complexity index is 670. The van der Waals surface area contributed by atoms with Crippen LogP contribution in [0.15, 0.2) is 40.8 Å². The van der Waals surface area contributed by atoms with Crippen molar-refractivity contribution in [3.8, 4) is 5.75 Å². The SMILES string of the molecule is Cc1ccc(CN(C)C(=O)CN(C)CCCOc2ccc(Cl)cc2)o1. The molecule has 0 unspecified atom stereocenters. The van der Waals surface area contributed by atoms with Crippen molar-refractivity contribution in [3.05, 3.63) is 52.9 Å². The van der Waals surface area contributed by atoms with Gasteiger partial charge in [-0.1, -0.05) is 11.6 Å². The highest BCUT2D eigenvalue weighted by Crippen LogP contribution is 2.15. The molecule has 2 rings (SSSR count). The molecule has 2 aromatic rings. The third kappa shape index (κ3) is 6.80. The Labute approximate surface area is 154 Å². The topological polar surface area (TPSA) is 45.9 Å². The Kier molecular flexibility index (Phi) is 7.34. The number of aryl methyl sites for hydroxylation is 1. The van der Waals surface area contributed by atoms with Crippen LogP contribution in [0.5, 0.6) is 5.75 Å². The van der Waals surface area contributed by atoms with Crippen LogP contribution in [0, 0.1) is 6.92 Å². The first kappa shape index (κ1) is 19.3. The molecule has 136 valence electrons. The van der Waals surface area contributed by atoms with Crippen molar-refractivity contribution in [1.82, 2.24) is 9.80 Å². The molecule has 0 aliphatic carbocycles. The molecule has 0 fully saturated rings. The van der Waals surface area contributed by atoms with Gasteiger partial charge < -0.3 is 14.1 Å². The summed E-state index contributed by atoms with van der Waals surface area (Å²) in [6, 6.07) is 11.1. The predicted molar refractivity (Wildman–Crippen MR) is 99.0 cm³/mol. The van der Waals surface area contributed by atoms with Crippen LogP contribution < -0.4 is 4.74 Å². The second-order valence-electron chi connectivity index (χ2n) is 6.16. The van der Waals surface area contributed by atoms with E-state index in [1.165, 1.54) is 0 Å². The highest BCUT2D eigenvalue weighted by Gasteiger charge is 2.13. The number of benzene rings is 1. The molecule has 0 saturated heterocycles. The second kappa shape index (κ2) is 9.49. The van der Waals surface area contributed by atoms with Gasteiger partial charge in [0.25, 0.3) is 0 Å². The Morgan fingerprint density at radius 1 is 1.16 bits per heavy atom. The number of likely N-dealkylation sites (N-methyl/N-ethyl adjacent to an activating group) is 2. The van der Waals surface area contributed by atoms with E-state index in [2.05, 4.69) is 0 Å².